The van der Waals surface area contributed by atoms with Gasteiger partial charge in [0.2, 0.25) is 0 Å². The molecule has 1 aromatic rings. The van der Waals surface area contributed by atoms with Gasteiger partial charge < -0.3 is 14.8 Å². The van der Waals surface area contributed by atoms with Gasteiger partial charge in [0.1, 0.15) is 5.82 Å². The molecule has 6 heteroatoms. The Morgan fingerprint density at radius 2 is 2.50 bits per heavy atom. The number of halogens is 1. The second kappa shape index (κ2) is 6.15. The van der Waals surface area contributed by atoms with Gasteiger partial charge >= 0.3 is 5.97 Å². The van der Waals surface area contributed by atoms with Crippen molar-refractivity contribution in [1.82, 2.24) is 4.98 Å². The van der Waals surface area contributed by atoms with Crippen LogP contribution in [-0.4, -0.2) is 36.8 Å². The lowest BCUT2D eigenvalue weighted by molar-refractivity contribution is 0.0518. The molecule has 2 rings (SSSR count). The summed E-state index contributed by atoms with van der Waals surface area (Å²) < 4.78 is 10.9. The third-order valence-corrected chi connectivity index (χ3v) is 3.24. The lowest BCUT2D eigenvalue weighted by Gasteiger charge is -2.12. The van der Waals surface area contributed by atoms with E-state index in [9.17, 15) is 4.79 Å². The minimum atomic E-state index is -0.421. The molecule has 1 fully saturated rings. The maximum atomic E-state index is 11.7. The number of nitrogens with zero attached hydrogens (tertiary/aromatic N) is 1. The number of anilines is 1. The Bertz CT molecular complexity index is 433. The van der Waals surface area contributed by atoms with Gasteiger partial charge in [0.25, 0.3) is 0 Å². The van der Waals surface area contributed by atoms with Gasteiger partial charge in [0, 0.05) is 6.61 Å². The van der Waals surface area contributed by atoms with Gasteiger partial charge in [-0.15, -0.1) is 0 Å². The Hall–Kier alpha value is -1.14. The maximum absolute atomic E-state index is 11.7. The fourth-order valence-electron chi connectivity index (χ4n) is 1.72. The highest BCUT2D eigenvalue weighted by molar-refractivity contribution is 9.10. The number of ether oxygens (including phenoxy) is 2. The van der Waals surface area contributed by atoms with Crippen LogP contribution in [0.2, 0.25) is 0 Å². The Morgan fingerprint density at radius 1 is 1.67 bits per heavy atom. The van der Waals surface area contributed by atoms with Crippen LogP contribution < -0.4 is 5.32 Å². The maximum Gasteiger partial charge on any atom is 0.358 e. The van der Waals surface area contributed by atoms with E-state index in [0.717, 1.165) is 13.0 Å². The third kappa shape index (κ3) is 3.20. The first kappa shape index (κ1) is 13.3. The molecule has 98 valence electrons. The zero-order valence-corrected chi connectivity index (χ0v) is 11.7. The molecule has 1 unspecified atom stereocenters. The van der Waals surface area contributed by atoms with Crippen molar-refractivity contribution < 1.29 is 14.3 Å². The molecule has 18 heavy (non-hydrogen) atoms. The lowest BCUT2D eigenvalue weighted by Crippen LogP contribution is -2.20. The number of esters is 1. The molecule has 1 atom stereocenters. The van der Waals surface area contributed by atoms with Crippen molar-refractivity contribution >= 4 is 27.7 Å². The number of aromatic nitrogens is 1. The topological polar surface area (TPSA) is 60.5 Å². The van der Waals surface area contributed by atoms with Gasteiger partial charge in [-0.2, -0.15) is 0 Å². The fourth-order valence-corrected chi connectivity index (χ4v) is 2.11. The fraction of sp³-hybridized carbons (Fsp3) is 0.500. The van der Waals surface area contributed by atoms with Gasteiger partial charge in [-0.05, 0) is 41.4 Å². The van der Waals surface area contributed by atoms with Crippen LogP contribution in [0.4, 0.5) is 5.82 Å². The van der Waals surface area contributed by atoms with E-state index in [0.29, 0.717) is 29.2 Å². The summed E-state index contributed by atoms with van der Waals surface area (Å²) in [7, 11) is 0. The summed E-state index contributed by atoms with van der Waals surface area (Å²) in [4.78, 5) is 16.0. The second-order valence-electron chi connectivity index (χ2n) is 3.95. The largest absolute Gasteiger partial charge is 0.461 e. The van der Waals surface area contributed by atoms with Crippen molar-refractivity contribution in [1.29, 1.82) is 0 Å². The van der Waals surface area contributed by atoms with Gasteiger partial charge in [-0.1, -0.05) is 0 Å². The number of hydrogen-bond donors (Lipinski definition) is 1. The van der Waals surface area contributed by atoms with Gasteiger partial charge in [-0.3, -0.25) is 0 Å². The standard InChI is InChI=1S/C12H15BrN2O3/c1-2-18-12(16)11-9(13)3-4-10(15-11)14-8-5-6-17-7-8/h3-4,8H,2,5-7H2,1H3,(H,14,15). The first-order valence-corrected chi connectivity index (χ1v) is 6.68. The summed E-state index contributed by atoms with van der Waals surface area (Å²) in [6.07, 6.45) is 0.951. The Kier molecular flexibility index (Phi) is 4.54. The molecule has 2 heterocycles. The first-order valence-electron chi connectivity index (χ1n) is 5.88. The lowest BCUT2D eigenvalue weighted by atomic mass is 10.2. The van der Waals surface area contributed by atoms with E-state index in [-0.39, 0.29) is 6.04 Å². The van der Waals surface area contributed by atoms with Gasteiger partial charge in [0.15, 0.2) is 5.69 Å². The number of carbonyl (C=O) groups excluding carboxylic acids is 1. The highest BCUT2D eigenvalue weighted by Gasteiger charge is 2.18. The molecule has 5 nitrogen and oxygen atoms in total. The predicted octanol–water partition coefficient (Wildman–Crippen LogP) is 2.22. The van der Waals surface area contributed by atoms with E-state index < -0.39 is 5.97 Å². The number of hydrogen-bond acceptors (Lipinski definition) is 5. The zero-order valence-electron chi connectivity index (χ0n) is 10.1. The molecule has 1 aromatic heterocycles. The highest BCUT2D eigenvalue weighted by Crippen LogP contribution is 2.20. The zero-order chi connectivity index (χ0) is 13.0. The van der Waals surface area contributed by atoms with Crippen LogP contribution in [-0.2, 0) is 9.47 Å². The molecule has 1 aliphatic rings. The number of nitrogens with one attached hydrogen (secondary N) is 1. The smallest absolute Gasteiger partial charge is 0.358 e. The van der Waals surface area contributed by atoms with Gasteiger partial charge in [0.05, 0.1) is 23.7 Å². The molecule has 0 bridgehead atoms. The highest BCUT2D eigenvalue weighted by atomic mass is 79.9. The molecule has 0 aliphatic carbocycles. The van der Waals surface area contributed by atoms with E-state index in [1.807, 2.05) is 6.07 Å². The molecule has 0 radical (unpaired) electrons. The predicted molar refractivity (Wildman–Crippen MR) is 70.7 cm³/mol. The summed E-state index contributed by atoms with van der Waals surface area (Å²) in [5, 5.41) is 3.24. The minimum Gasteiger partial charge on any atom is -0.461 e. The van der Waals surface area contributed by atoms with Crippen LogP contribution in [0, 0.1) is 0 Å². The van der Waals surface area contributed by atoms with Gasteiger partial charge in [-0.25, -0.2) is 9.78 Å². The summed E-state index contributed by atoms with van der Waals surface area (Å²) in [6.45, 7) is 3.54. The van der Waals surface area contributed by atoms with Crippen LogP contribution in [0.3, 0.4) is 0 Å². The van der Waals surface area contributed by atoms with Crippen LogP contribution in [0.15, 0.2) is 16.6 Å². The van der Waals surface area contributed by atoms with Crippen molar-refractivity contribution in [3.63, 3.8) is 0 Å². The molecule has 1 N–H and O–H groups in total. The number of rotatable bonds is 4. The van der Waals surface area contributed by atoms with E-state index in [1.54, 1.807) is 13.0 Å². The molecule has 1 saturated heterocycles. The molecule has 0 amide bonds. The molecule has 1 aliphatic heterocycles. The molecule has 0 spiro atoms. The van der Waals surface area contributed by atoms with E-state index in [1.165, 1.54) is 0 Å². The van der Waals surface area contributed by atoms with Crippen LogP contribution >= 0.6 is 15.9 Å². The van der Waals surface area contributed by atoms with Crippen LogP contribution in [0.5, 0.6) is 0 Å². The van der Waals surface area contributed by atoms with Crippen molar-refractivity contribution in [2.75, 3.05) is 25.1 Å². The Morgan fingerprint density at radius 3 is 3.17 bits per heavy atom. The Labute approximate surface area is 114 Å². The van der Waals surface area contributed by atoms with E-state index in [4.69, 9.17) is 9.47 Å². The third-order valence-electron chi connectivity index (χ3n) is 2.60. The molecule has 0 aromatic carbocycles. The monoisotopic (exact) mass is 314 g/mol. The van der Waals surface area contributed by atoms with Crippen molar-refractivity contribution in [3.8, 4) is 0 Å². The number of pyridine rings is 1. The van der Waals surface area contributed by atoms with E-state index in [2.05, 4.69) is 26.2 Å². The molecular formula is C12H15BrN2O3. The second-order valence-corrected chi connectivity index (χ2v) is 4.81. The summed E-state index contributed by atoms with van der Waals surface area (Å²) in [6, 6.07) is 3.87. The average Bonchev–Trinajstić information content (AvgIpc) is 2.84. The summed E-state index contributed by atoms with van der Waals surface area (Å²) >= 11 is 3.30. The SMILES string of the molecule is CCOC(=O)c1nc(NC2CCOC2)ccc1Br. The molecule has 0 saturated carbocycles. The quantitative estimate of drug-likeness (QED) is 0.863. The van der Waals surface area contributed by atoms with Crippen LogP contribution in [0.25, 0.3) is 0 Å². The molecular weight excluding hydrogens is 300 g/mol. The normalized spacial score (nSPS) is 18.7. The van der Waals surface area contributed by atoms with Crippen molar-refractivity contribution in [3.05, 3.63) is 22.3 Å². The van der Waals surface area contributed by atoms with E-state index >= 15 is 0 Å². The Balaban J connectivity index is 2.12. The number of carbonyl (C=O) groups is 1. The minimum absolute atomic E-state index is 0.258. The van der Waals surface area contributed by atoms with Crippen molar-refractivity contribution in [2.24, 2.45) is 0 Å². The van der Waals surface area contributed by atoms with Crippen LogP contribution in [0.1, 0.15) is 23.8 Å². The summed E-state index contributed by atoms with van der Waals surface area (Å²) in [5.41, 5.74) is 0.292. The summed E-state index contributed by atoms with van der Waals surface area (Å²) in [5.74, 6) is 0.243. The first-order chi connectivity index (χ1) is 8.70. The van der Waals surface area contributed by atoms with Crippen molar-refractivity contribution in [2.45, 2.75) is 19.4 Å². The average molecular weight is 315 g/mol.